The molecule has 1 aromatic carbocycles. The van der Waals surface area contributed by atoms with Crippen LogP contribution in [0.5, 0.6) is 0 Å². The normalized spacial score (nSPS) is 15.9. The summed E-state index contributed by atoms with van der Waals surface area (Å²) in [5.74, 6) is -0.139. The van der Waals surface area contributed by atoms with Crippen molar-refractivity contribution in [1.82, 2.24) is 15.5 Å². The lowest BCUT2D eigenvalue weighted by Gasteiger charge is -2.25. The Bertz CT molecular complexity index is 479. The molecule has 1 aliphatic heterocycles. The van der Waals surface area contributed by atoms with Crippen LogP contribution in [0.4, 0.5) is 0 Å². The molecule has 0 unspecified atom stereocenters. The van der Waals surface area contributed by atoms with Crippen LogP contribution in [0.1, 0.15) is 5.56 Å². The summed E-state index contributed by atoms with van der Waals surface area (Å²) in [6.07, 6.45) is 0. The minimum Gasteiger partial charge on any atom is -0.354 e. The van der Waals surface area contributed by atoms with E-state index in [-0.39, 0.29) is 24.9 Å². The Hall–Kier alpha value is -1.59. The molecule has 1 saturated heterocycles. The Kier molecular flexibility index (Phi) is 4.76. The molecule has 2 N–H and O–H groups in total. The molecular formula is C13H16ClN3O2. The summed E-state index contributed by atoms with van der Waals surface area (Å²) in [5, 5.41) is 6.16. The lowest BCUT2D eigenvalue weighted by Crippen LogP contribution is -2.50. The van der Waals surface area contributed by atoms with Crippen molar-refractivity contribution in [2.75, 3.05) is 26.2 Å². The number of benzene rings is 1. The van der Waals surface area contributed by atoms with Crippen molar-refractivity contribution in [1.29, 1.82) is 0 Å². The third kappa shape index (κ3) is 4.22. The molecule has 1 heterocycles. The number of hydrogen-bond acceptors (Lipinski definition) is 3. The van der Waals surface area contributed by atoms with E-state index < -0.39 is 0 Å². The highest BCUT2D eigenvalue weighted by molar-refractivity contribution is 6.31. The van der Waals surface area contributed by atoms with Gasteiger partial charge in [-0.1, -0.05) is 29.8 Å². The Morgan fingerprint density at radius 3 is 2.95 bits per heavy atom. The molecule has 0 radical (unpaired) electrons. The van der Waals surface area contributed by atoms with E-state index in [1.807, 2.05) is 23.1 Å². The fourth-order valence-corrected chi connectivity index (χ4v) is 2.12. The molecule has 0 saturated carbocycles. The van der Waals surface area contributed by atoms with Gasteiger partial charge in [0.1, 0.15) is 0 Å². The molecule has 19 heavy (non-hydrogen) atoms. The Morgan fingerprint density at radius 1 is 1.42 bits per heavy atom. The fourth-order valence-electron chi connectivity index (χ4n) is 1.92. The van der Waals surface area contributed by atoms with Gasteiger partial charge >= 0.3 is 0 Å². The number of piperazine rings is 1. The van der Waals surface area contributed by atoms with Gasteiger partial charge in [0.05, 0.1) is 13.1 Å². The van der Waals surface area contributed by atoms with Crippen molar-refractivity contribution in [3.63, 3.8) is 0 Å². The Balaban J connectivity index is 1.78. The highest BCUT2D eigenvalue weighted by Crippen LogP contribution is 2.14. The van der Waals surface area contributed by atoms with Gasteiger partial charge in [-0.25, -0.2) is 0 Å². The first-order chi connectivity index (χ1) is 9.15. The number of hydrogen-bond donors (Lipinski definition) is 2. The first kappa shape index (κ1) is 13.8. The van der Waals surface area contributed by atoms with Crippen LogP contribution >= 0.6 is 11.6 Å². The molecule has 0 bridgehead atoms. The number of rotatable bonds is 4. The van der Waals surface area contributed by atoms with Crippen LogP contribution in [-0.4, -0.2) is 42.9 Å². The van der Waals surface area contributed by atoms with E-state index in [0.29, 0.717) is 24.7 Å². The molecule has 1 aromatic rings. The lowest BCUT2D eigenvalue weighted by atomic mass is 10.2. The summed E-state index contributed by atoms with van der Waals surface area (Å²) in [4.78, 5) is 24.8. The molecule has 2 amide bonds. The molecule has 5 nitrogen and oxygen atoms in total. The van der Waals surface area contributed by atoms with Gasteiger partial charge in [-0.3, -0.25) is 14.5 Å². The SMILES string of the molecule is O=C1CN(CC(=O)NCc2ccccc2Cl)CCN1. The number of nitrogens with zero attached hydrogens (tertiary/aromatic N) is 1. The fraction of sp³-hybridized carbons (Fsp3) is 0.385. The number of amides is 2. The highest BCUT2D eigenvalue weighted by Gasteiger charge is 2.18. The first-order valence-electron chi connectivity index (χ1n) is 6.14. The van der Waals surface area contributed by atoms with Gasteiger partial charge in [0.15, 0.2) is 0 Å². The number of halogens is 1. The van der Waals surface area contributed by atoms with Gasteiger partial charge in [-0.15, -0.1) is 0 Å². The van der Waals surface area contributed by atoms with Crippen molar-refractivity contribution in [2.45, 2.75) is 6.54 Å². The van der Waals surface area contributed by atoms with Gasteiger partial charge in [0.25, 0.3) is 0 Å². The zero-order valence-corrected chi connectivity index (χ0v) is 11.2. The lowest BCUT2D eigenvalue weighted by molar-refractivity contribution is -0.127. The second-order valence-corrected chi connectivity index (χ2v) is 4.84. The summed E-state index contributed by atoms with van der Waals surface area (Å²) in [6.45, 7) is 2.21. The third-order valence-electron chi connectivity index (χ3n) is 2.92. The Morgan fingerprint density at radius 2 is 2.21 bits per heavy atom. The zero-order chi connectivity index (χ0) is 13.7. The van der Waals surface area contributed by atoms with E-state index >= 15 is 0 Å². The molecule has 0 aliphatic carbocycles. The maximum absolute atomic E-state index is 11.8. The van der Waals surface area contributed by atoms with Gasteiger partial charge in [-0.05, 0) is 11.6 Å². The van der Waals surface area contributed by atoms with Crippen molar-refractivity contribution in [3.8, 4) is 0 Å². The summed E-state index contributed by atoms with van der Waals surface area (Å²) in [5.41, 5.74) is 0.883. The van der Waals surface area contributed by atoms with E-state index in [1.54, 1.807) is 6.07 Å². The molecule has 0 atom stereocenters. The van der Waals surface area contributed by atoms with Crippen LogP contribution in [-0.2, 0) is 16.1 Å². The molecule has 6 heteroatoms. The predicted molar refractivity (Wildman–Crippen MR) is 72.7 cm³/mol. The standard InChI is InChI=1S/C13H16ClN3O2/c14-11-4-2-1-3-10(11)7-16-13(19)9-17-6-5-15-12(18)8-17/h1-4H,5-9H2,(H,15,18)(H,16,19). The quantitative estimate of drug-likeness (QED) is 0.839. The van der Waals surface area contributed by atoms with Crippen LogP contribution in [0.15, 0.2) is 24.3 Å². The second-order valence-electron chi connectivity index (χ2n) is 4.43. The molecule has 2 rings (SSSR count). The van der Waals surface area contributed by atoms with Crippen LogP contribution in [0.2, 0.25) is 5.02 Å². The second kappa shape index (κ2) is 6.54. The van der Waals surface area contributed by atoms with Crippen molar-refractivity contribution < 1.29 is 9.59 Å². The molecular weight excluding hydrogens is 266 g/mol. The highest BCUT2D eigenvalue weighted by atomic mass is 35.5. The topological polar surface area (TPSA) is 61.4 Å². The minimum atomic E-state index is -0.102. The molecule has 0 spiro atoms. The predicted octanol–water partition coefficient (Wildman–Crippen LogP) is 0.388. The Labute approximate surface area is 116 Å². The number of carbonyl (C=O) groups is 2. The smallest absolute Gasteiger partial charge is 0.234 e. The number of nitrogens with one attached hydrogen (secondary N) is 2. The van der Waals surface area contributed by atoms with E-state index in [9.17, 15) is 9.59 Å². The molecule has 1 aliphatic rings. The molecule has 0 aromatic heterocycles. The van der Waals surface area contributed by atoms with Crippen LogP contribution in [0, 0.1) is 0 Å². The summed E-state index contributed by atoms with van der Waals surface area (Å²) >= 11 is 6.00. The van der Waals surface area contributed by atoms with E-state index in [2.05, 4.69) is 10.6 Å². The monoisotopic (exact) mass is 281 g/mol. The average molecular weight is 282 g/mol. The summed E-state index contributed by atoms with van der Waals surface area (Å²) in [7, 11) is 0. The third-order valence-corrected chi connectivity index (χ3v) is 3.29. The van der Waals surface area contributed by atoms with Gasteiger partial charge in [-0.2, -0.15) is 0 Å². The first-order valence-corrected chi connectivity index (χ1v) is 6.52. The summed E-state index contributed by atoms with van der Waals surface area (Å²) in [6, 6.07) is 7.39. The largest absolute Gasteiger partial charge is 0.354 e. The van der Waals surface area contributed by atoms with Gasteiger partial charge < -0.3 is 10.6 Å². The van der Waals surface area contributed by atoms with E-state index in [1.165, 1.54) is 0 Å². The molecule has 1 fully saturated rings. The van der Waals surface area contributed by atoms with Gasteiger partial charge in [0.2, 0.25) is 11.8 Å². The van der Waals surface area contributed by atoms with Crippen LogP contribution in [0.25, 0.3) is 0 Å². The van der Waals surface area contributed by atoms with Crippen molar-refractivity contribution >= 4 is 23.4 Å². The zero-order valence-electron chi connectivity index (χ0n) is 10.5. The van der Waals surface area contributed by atoms with Crippen molar-refractivity contribution in [3.05, 3.63) is 34.9 Å². The van der Waals surface area contributed by atoms with Gasteiger partial charge in [0, 0.05) is 24.7 Å². The average Bonchev–Trinajstić information content (AvgIpc) is 2.38. The summed E-state index contributed by atoms with van der Waals surface area (Å²) < 4.78 is 0. The van der Waals surface area contributed by atoms with Crippen LogP contribution in [0.3, 0.4) is 0 Å². The number of carbonyl (C=O) groups excluding carboxylic acids is 2. The van der Waals surface area contributed by atoms with E-state index in [4.69, 9.17) is 11.6 Å². The minimum absolute atomic E-state index is 0.0369. The molecule has 102 valence electrons. The van der Waals surface area contributed by atoms with E-state index in [0.717, 1.165) is 5.56 Å². The maximum atomic E-state index is 11.8. The van der Waals surface area contributed by atoms with Crippen LogP contribution < -0.4 is 10.6 Å². The van der Waals surface area contributed by atoms with Crippen molar-refractivity contribution in [2.24, 2.45) is 0 Å². The maximum Gasteiger partial charge on any atom is 0.234 e.